The summed E-state index contributed by atoms with van der Waals surface area (Å²) < 4.78 is 5.08. The highest BCUT2D eigenvalue weighted by Crippen LogP contribution is 2.23. The van der Waals surface area contributed by atoms with Crippen LogP contribution in [-0.4, -0.2) is 23.8 Å². The summed E-state index contributed by atoms with van der Waals surface area (Å²) in [5.74, 6) is -0.640. The zero-order valence-electron chi connectivity index (χ0n) is 11.7. The summed E-state index contributed by atoms with van der Waals surface area (Å²) in [6.45, 7) is 0.371. The van der Waals surface area contributed by atoms with Gasteiger partial charge in [0.05, 0.1) is 6.61 Å². The number of hydrogen-bond donors (Lipinski definition) is 2. The summed E-state index contributed by atoms with van der Waals surface area (Å²) in [7, 11) is 0. The molecule has 2 N–H and O–H groups in total. The van der Waals surface area contributed by atoms with Crippen LogP contribution >= 0.6 is 0 Å². The minimum Gasteiger partial charge on any atom is -0.478 e. The molecule has 0 spiro atoms. The van der Waals surface area contributed by atoms with Crippen molar-refractivity contribution in [3.8, 4) is 5.75 Å². The van der Waals surface area contributed by atoms with E-state index < -0.39 is 12.1 Å². The maximum absolute atomic E-state index is 11.5. The van der Waals surface area contributed by atoms with E-state index in [9.17, 15) is 9.59 Å². The van der Waals surface area contributed by atoms with Gasteiger partial charge in [-0.15, -0.1) is 0 Å². The van der Waals surface area contributed by atoms with Crippen molar-refractivity contribution in [1.29, 1.82) is 0 Å². The number of amides is 1. The van der Waals surface area contributed by atoms with Crippen LogP contribution in [0.25, 0.3) is 0 Å². The van der Waals surface area contributed by atoms with Gasteiger partial charge in [-0.25, -0.2) is 9.59 Å². The molecule has 6 heteroatoms. The second-order valence-electron chi connectivity index (χ2n) is 5.11. The quantitative estimate of drug-likeness (QED) is 0.815. The molecule has 0 unspecified atom stereocenters. The number of hydroxylamine groups is 1. The predicted molar refractivity (Wildman–Crippen MR) is 75.1 cm³/mol. The van der Waals surface area contributed by atoms with E-state index in [0.29, 0.717) is 12.5 Å². The van der Waals surface area contributed by atoms with Gasteiger partial charge in [0.15, 0.2) is 5.75 Å². The largest absolute Gasteiger partial charge is 0.478 e. The molecule has 114 valence electrons. The molecule has 0 aromatic heterocycles. The molecular weight excluding hydrogens is 274 g/mol. The predicted octanol–water partition coefficient (Wildman–Crippen LogP) is 2.99. The summed E-state index contributed by atoms with van der Waals surface area (Å²) in [5, 5.41) is 8.98. The van der Waals surface area contributed by atoms with Crippen molar-refractivity contribution in [2.45, 2.75) is 32.1 Å². The molecule has 0 saturated heterocycles. The number of carbonyl (C=O) groups excluding carboxylic acids is 1. The van der Waals surface area contributed by atoms with Gasteiger partial charge in [0.1, 0.15) is 5.56 Å². The highest BCUT2D eigenvalue weighted by molar-refractivity contribution is 5.90. The fraction of sp³-hybridized carbons (Fsp3) is 0.467. The van der Waals surface area contributed by atoms with E-state index in [1.54, 1.807) is 12.1 Å². The molecule has 1 aliphatic rings. The molecule has 0 bridgehead atoms. The average Bonchev–Trinajstić information content (AvgIpc) is 2.52. The van der Waals surface area contributed by atoms with Crippen LogP contribution in [0, 0.1) is 5.92 Å². The molecule has 1 saturated carbocycles. The van der Waals surface area contributed by atoms with E-state index in [4.69, 9.17) is 14.7 Å². The minimum atomic E-state index is -1.12. The van der Waals surface area contributed by atoms with Crippen LogP contribution in [-0.2, 0) is 4.74 Å². The first kappa shape index (κ1) is 15.2. The molecule has 6 nitrogen and oxygen atoms in total. The van der Waals surface area contributed by atoms with Gasteiger partial charge in [-0.05, 0) is 30.9 Å². The first-order chi connectivity index (χ1) is 10.2. The Morgan fingerprint density at radius 1 is 1.19 bits per heavy atom. The van der Waals surface area contributed by atoms with Gasteiger partial charge < -0.3 is 14.7 Å². The lowest BCUT2D eigenvalue weighted by atomic mass is 9.90. The van der Waals surface area contributed by atoms with Crippen LogP contribution in [0.4, 0.5) is 4.79 Å². The fourth-order valence-corrected chi connectivity index (χ4v) is 2.41. The van der Waals surface area contributed by atoms with Crippen LogP contribution in [0.1, 0.15) is 42.5 Å². The summed E-state index contributed by atoms with van der Waals surface area (Å²) in [4.78, 5) is 27.5. The van der Waals surface area contributed by atoms with E-state index in [1.165, 1.54) is 31.4 Å². The fourth-order valence-electron chi connectivity index (χ4n) is 2.41. The SMILES string of the molecule is O=C(NOc1ccccc1C(=O)O)OCC1CCCCC1. The number of para-hydroxylation sites is 1. The Kier molecular flexibility index (Phi) is 5.43. The van der Waals surface area contributed by atoms with Crippen LogP contribution in [0.3, 0.4) is 0 Å². The van der Waals surface area contributed by atoms with Crippen molar-refractivity contribution in [2.24, 2.45) is 5.92 Å². The molecule has 0 heterocycles. The van der Waals surface area contributed by atoms with Crippen LogP contribution in [0.15, 0.2) is 24.3 Å². The molecule has 21 heavy (non-hydrogen) atoms. The Morgan fingerprint density at radius 2 is 1.90 bits per heavy atom. The molecule has 0 radical (unpaired) electrons. The average molecular weight is 293 g/mol. The third-order valence-electron chi connectivity index (χ3n) is 3.54. The third kappa shape index (κ3) is 4.66. The van der Waals surface area contributed by atoms with Gasteiger partial charge in [-0.2, -0.15) is 5.48 Å². The topological polar surface area (TPSA) is 84.9 Å². The number of rotatable bonds is 5. The number of carboxylic acid groups (broad SMARTS) is 1. The van der Waals surface area contributed by atoms with Crippen molar-refractivity contribution in [2.75, 3.05) is 6.61 Å². The highest BCUT2D eigenvalue weighted by Gasteiger charge is 2.16. The molecule has 1 aromatic rings. The summed E-state index contributed by atoms with van der Waals surface area (Å²) in [5.41, 5.74) is 2.09. The Balaban J connectivity index is 1.77. The summed E-state index contributed by atoms with van der Waals surface area (Å²) in [6, 6.07) is 6.06. The molecule has 2 rings (SSSR count). The minimum absolute atomic E-state index is 0.0231. The number of hydrogen-bond acceptors (Lipinski definition) is 4. The third-order valence-corrected chi connectivity index (χ3v) is 3.54. The number of carbonyl (C=O) groups is 2. The van der Waals surface area contributed by atoms with Crippen molar-refractivity contribution in [1.82, 2.24) is 5.48 Å². The second-order valence-corrected chi connectivity index (χ2v) is 5.11. The first-order valence-electron chi connectivity index (χ1n) is 7.08. The Morgan fingerprint density at radius 3 is 2.62 bits per heavy atom. The van der Waals surface area contributed by atoms with E-state index in [2.05, 4.69) is 5.48 Å². The summed E-state index contributed by atoms with van der Waals surface area (Å²) >= 11 is 0. The van der Waals surface area contributed by atoms with E-state index in [1.807, 2.05) is 0 Å². The van der Waals surface area contributed by atoms with E-state index in [-0.39, 0.29) is 11.3 Å². The maximum atomic E-state index is 11.5. The van der Waals surface area contributed by atoms with Gasteiger partial charge >= 0.3 is 12.1 Å². The summed E-state index contributed by atoms with van der Waals surface area (Å²) in [6.07, 6.45) is 5.06. The highest BCUT2D eigenvalue weighted by atomic mass is 16.7. The smallest absolute Gasteiger partial charge is 0.440 e. The molecule has 1 aliphatic carbocycles. The maximum Gasteiger partial charge on any atom is 0.440 e. The standard InChI is InChI=1S/C15H19NO5/c17-14(18)12-8-4-5-9-13(12)21-16-15(19)20-10-11-6-2-1-3-7-11/h4-5,8-9,11H,1-3,6-7,10H2,(H,16,19)(H,17,18). The number of ether oxygens (including phenoxy) is 1. The van der Waals surface area contributed by atoms with Crippen LogP contribution < -0.4 is 10.3 Å². The zero-order valence-corrected chi connectivity index (χ0v) is 11.7. The first-order valence-corrected chi connectivity index (χ1v) is 7.08. The molecule has 1 amide bonds. The monoisotopic (exact) mass is 293 g/mol. The number of benzene rings is 1. The zero-order chi connectivity index (χ0) is 15.1. The van der Waals surface area contributed by atoms with Crippen LogP contribution in [0.5, 0.6) is 5.75 Å². The van der Waals surface area contributed by atoms with Gasteiger partial charge in [0.2, 0.25) is 0 Å². The van der Waals surface area contributed by atoms with Gasteiger partial charge in [0, 0.05) is 0 Å². The normalized spacial score (nSPS) is 15.2. The molecule has 1 fully saturated rings. The van der Waals surface area contributed by atoms with Crippen molar-refractivity contribution >= 4 is 12.1 Å². The van der Waals surface area contributed by atoms with Crippen LogP contribution in [0.2, 0.25) is 0 Å². The Labute approximate surface area is 123 Å². The molecule has 1 aromatic carbocycles. The van der Waals surface area contributed by atoms with Crippen molar-refractivity contribution in [3.05, 3.63) is 29.8 Å². The Hall–Kier alpha value is -2.24. The lowest BCUT2D eigenvalue weighted by Gasteiger charge is -2.21. The van der Waals surface area contributed by atoms with E-state index in [0.717, 1.165) is 12.8 Å². The van der Waals surface area contributed by atoms with E-state index >= 15 is 0 Å². The number of carboxylic acids is 1. The lowest BCUT2D eigenvalue weighted by Crippen LogP contribution is -2.30. The molecular formula is C15H19NO5. The Bertz CT molecular complexity index is 497. The second kappa shape index (κ2) is 7.52. The van der Waals surface area contributed by atoms with Gasteiger partial charge in [0.25, 0.3) is 0 Å². The van der Waals surface area contributed by atoms with Gasteiger partial charge in [-0.1, -0.05) is 31.4 Å². The molecule has 0 aliphatic heterocycles. The number of nitrogens with one attached hydrogen (secondary N) is 1. The van der Waals surface area contributed by atoms with Crippen molar-refractivity contribution in [3.63, 3.8) is 0 Å². The van der Waals surface area contributed by atoms with Gasteiger partial charge in [-0.3, -0.25) is 0 Å². The lowest BCUT2D eigenvalue weighted by molar-refractivity contribution is 0.0667. The molecule has 0 atom stereocenters. The van der Waals surface area contributed by atoms with Crippen molar-refractivity contribution < 1.29 is 24.3 Å². The number of aromatic carboxylic acids is 1.